The molecule has 18 heavy (non-hydrogen) atoms. The van der Waals surface area contributed by atoms with Crippen LogP contribution in [0, 0.1) is 5.82 Å². The lowest BCUT2D eigenvalue weighted by Gasteiger charge is -2.09. The van der Waals surface area contributed by atoms with Crippen molar-refractivity contribution in [2.24, 2.45) is 4.99 Å². The number of benzene rings is 2. The van der Waals surface area contributed by atoms with E-state index in [1.165, 1.54) is 12.1 Å². The highest BCUT2D eigenvalue weighted by Gasteiger charge is 2.04. The monoisotopic (exact) mass is 241 g/mol. The third kappa shape index (κ3) is 3.04. The van der Waals surface area contributed by atoms with Gasteiger partial charge in [-0.05, 0) is 37.1 Å². The van der Waals surface area contributed by atoms with E-state index in [4.69, 9.17) is 0 Å². The van der Waals surface area contributed by atoms with Gasteiger partial charge in [-0.2, -0.15) is 0 Å². The SMILES string of the molecule is CC(=N[C@@H](C)c1ccccc1)c1cccc(F)c1. The van der Waals surface area contributed by atoms with Crippen molar-refractivity contribution in [3.05, 3.63) is 71.5 Å². The predicted octanol–water partition coefficient (Wildman–Crippen LogP) is 4.40. The molecule has 2 heteroatoms. The minimum Gasteiger partial charge on any atom is -0.282 e. The summed E-state index contributed by atoms with van der Waals surface area (Å²) in [5, 5.41) is 0. The molecule has 0 aromatic heterocycles. The number of hydrogen-bond acceptors (Lipinski definition) is 1. The third-order valence-corrected chi connectivity index (χ3v) is 2.91. The maximum absolute atomic E-state index is 13.1. The zero-order chi connectivity index (χ0) is 13.0. The normalized spacial score (nSPS) is 13.4. The first kappa shape index (κ1) is 12.5. The van der Waals surface area contributed by atoms with Gasteiger partial charge >= 0.3 is 0 Å². The van der Waals surface area contributed by atoms with Gasteiger partial charge in [0.15, 0.2) is 0 Å². The zero-order valence-corrected chi connectivity index (χ0v) is 10.6. The van der Waals surface area contributed by atoms with E-state index >= 15 is 0 Å². The summed E-state index contributed by atoms with van der Waals surface area (Å²) in [6, 6.07) is 16.7. The Bertz CT molecular complexity index is 546. The van der Waals surface area contributed by atoms with Crippen LogP contribution in [0.3, 0.4) is 0 Å². The van der Waals surface area contributed by atoms with Crippen LogP contribution in [-0.2, 0) is 0 Å². The molecule has 1 atom stereocenters. The van der Waals surface area contributed by atoms with E-state index in [1.54, 1.807) is 6.07 Å². The van der Waals surface area contributed by atoms with Gasteiger partial charge in [0.05, 0.1) is 6.04 Å². The van der Waals surface area contributed by atoms with Crippen LogP contribution in [0.4, 0.5) is 4.39 Å². The second kappa shape index (κ2) is 5.58. The standard InChI is InChI=1S/C16H16FN/c1-12(14-7-4-3-5-8-14)18-13(2)15-9-6-10-16(17)11-15/h3-12H,1-2H3/t12-/m0/s1. The summed E-state index contributed by atoms with van der Waals surface area (Å²) in [7, 11) is 0. The molecule has 2 aromatic carbocycles. The second-order valence-corrected chi connectivity index (χ2v) is 4.31. The van der Waals surface area contributed by atoms with Gasteiger partial charge in [-0.3, -0.25) is 4.99 Å². The van der Waals surface area contributed by atoms with Crippen molar-refractivity contribution in [3.63, 3.8) is 0 Å². The van der Waals surface area contributed by atoms with Gasteiger partial charge in [0, 0.05) is 5.71 Å². The molecule has 92 valence electrons. The average Bonchev–Trinajstić information content (AvgIpc) is 2.39. The topological polar surface area (TPSA) is 12.4 Å². The van der Waals surface area contributed by atoms with Crippen LogP contribution >= 0.6 is 0 Å². The number of halogens is 1. The molecule has 0 heterocycles. The lowest BCUT2D eigenvalue weighted by Crippen LogP contribution is -1.99. The molecule has 0 bridgehead atoms. The first-order chi connectivity index (χ1) is 8.66. The van der Waals surface area contributed by atoms with Gasteiger partial charge in [-0.25, -0.2) is 4.39 Å². The van der Waals surface area contributed by atoms with Gasteiger partial charge < -0.3 is 0 Å². The smallest absolute Gasteiger partial charge is 0.123 e. The Kier molecular flexibility index (Phi) is 3.88. The molecular weight excluding hydrogens is 225 g/mol. The van der Waals surface area contributed by atoms with Crippen molar-refractivity contribution in [2.45, 2.75) is 19.9 Å². The molecule has 2 aromatic rings. The molecule has 0 saturated carbocycles. The highest BCUT2D eigenvalue weighted by atomic mass is 19.1. The Morgan fingerprint density at radius 2 is 1.78 bits per heavy atom. The number of hydrogen-bond donors (Lipinski definition) is 0. The summed E-state index contributed by atoms with van der Waals surface area (Å²) in [5.41, 5.74) is 2.84. The van der Waals surface area contributed by atoms with E-state index in [-0.39, 0.29) is 11.9 Å². The summed E-state index contributed by atoms with van der Waals surface area (Å²) in [6.07, 6.45) is 0. The first-order valence-electron chi connectivity index (χ1n) is 6.02. The molecule has 1 nitrogen and oxygen atoms in total. The largest absolute Gasteiger partial charge is 0.282 e. The maximum Gasteiger partial charge on any atom is 0.123 e. The van der Waals surface area contributed by atoms with E-state index in [2.05, 4.69) is 4.99 Å². The van der Waals surface area contributed by atoms with Gasteiger partial charge in [0.2, 0.25) is 0 Å². The van der Waals surface area contributed by atoms with Crippen LogP contribution in [0.15, 0.2) is 59.6 Å². The third-order valence-electron chi connectivity index (χ3n) is 2.91. The molecule has 0 saturated heterocycles. The summed E-state index contributed by atoms with van der Waals surface area (Å²) in [4.78, 5) is 4.61. The van der Waals surface area contributed by atoms with Crippen LogP contribution in [0.2, 0.25) is 0 Å². The van der Waals surface area contributed by atoms with Gasteiger partial charge in [-0.1, -0.05) is 42.5 Å². The fourth-order valence-corrected chi connectivity index (χ4v) is 1.88. The summed E-state index contributed by atoms with van der Waals surface area (Å²) in [6.45, 7) is 3.95. The fraction of sp³-hybridized carbons (Fsp3) is 0.188. The Balaban J connectivity index is 2.23. The minimum absolute atomic E-state index is 0.0782. The van der Waals surface area contributed by atoms with E-state index < -0.39 is 0 Å². The van der Waals surface area contributed by atoms with Crippen molar-refractivity contribution in [2.75, 3.05) is 0 Å². The Morgan fingerprint density at radius 3 is 2.44 bits per heavy atom. The molecule has 0 unspecified atom stereocenters. The second-order valence-electron chi connectivity index (χ2n) is 4.31. The summed E-state index contributed by atoms with van der Waals surface area (Å²) in [5.74, 6) is -0.227. The zero-order valence-electron chi connectivity index (χ0n) is 10.6. The van der Waals surface area contributed by atoms with Crippen molar-refractivity contribution in [1.82, 2.24) is 0 Å². The quantitative estimate of drug-likeness (QED) is 0.706. The molecule has 0 aliphatic rings. The van der Waals surface area contributed by atoms with E-state index in [0.29, 0.717) is 0 Å². The van der Waals surface area contributed by atoms with Crippen LogP contribution in [0.25, 0.3) is 0 Å². The molecule has 0 aliphatic carbocycles. The van der Waals surface area contributed by atoms with Crippen molar-refractivity contribution in [1.29, 1.82) is 0 Å². The van der Waals surface area contributed by atoms with Crippen LogP contribution in [-0.4, -0.2) is 5.71 Å². The van der Waals surface area contributed by atoms with Crippen LogP contribution < -0.4 is 0 Å². The molecule has 0 spiro atoms. The number of aliphatic imine (C=N–C) groups is 1. The first-order valence-corrected chi connectivity index (χ1v) is 6.02. The molecule has 0 radical (unpaired) electrons. The average molecular weight is 241 g/mol. The Morgan fingerprint density at radius 1 is 1.06 bits per heavy atom. The van der Waals surface area contributed by atoms with Gasteiger partial charge in [-0.15, -0.1) is 0 Å². The predicted molar refractivity (Wildman–Crippen MR) is 73.5 cm³/mol. The van der Waals surface area contributed by atoms with Crippen molar-refractivity contribution >= 4 is 5.71 Å². The highest BCUT2D eigenvalue weighted by molar-refractivity contribution is 5.98. The van der Waals surface area contributed by atoms with Gasteiger partial charge in [0.1, 0.15) is 5.82 Å². The fourth-order valence-electron chi connectivity index (χ4n) is 1.88. The van der Waals surface area contributed by atoms with Crippen LogP contribution in [0.5, 0.6) is 0 Å². The molecule has 0 amide bonds. The lowest BCUT2D eigenvalue weighted by atomic mass is 10.1. The number of nitrogens with zero attached hydrogens (tertiary/aromatic N) is 1. The highest BCUT2D eigenvalue weighted by Crippen LogP contribution is 2.17. The van der Waals surface area contributed by atoms with Crippen molar-refractivity contribution < 1.29 is 4.39 Å². The molecular formula is C16H16FN. The Labute approximate surface area is 107 Å². The Hall–Kier alpha value is -1.96. The molecule has 0 fully saturated rings. The maximum atomic E-state index is 13.1. The number of rotatable bonds is 3. The molecule has 0 aliphatic heterocycles. The molecule has 2 rings (SSSR count). The van der Waals surface area contributed by atoms with E-state index in [0.717, 1.165) is 16.8 Å². The van der Waals surface area contributed by atoms with Gasteiger partial charge in [0.25, 0.3) is 0 Å². The lowest BCUT2D eigenvalue weighted by molar-refractivity contribution is 0.627. The van der Waals surface area contributed by atoms with E-state index in [9.17, 15) is 4.39 Å². The van der Waals surface area contributed by atoms with Crippen LogP contribution in [0.1, 0.15) is 31.0 Å². The summed E-state index contributed by atoms with van der Waals surface area (Å²) < 4.78 is 13.1. The van der Waals surface area contributed by atoms with E-state index in [1.807, 2.05) is 50.2 Å². The van der Waals surface area contributed by atoms with Crippen molar-refractivity contribution in [3.8, 4) is 0 Å². The molecule has 0 N–H and O–H groups in total. The summed E-state index contributed by atoms with van der Waals surface area (Å²) >= 11 is 0. The minimum atomic E-state index is -0.227.